The molecule has 3 aromatic rings. The van der Waals surface area contributed by atoms with Gasteiger partial charge >= 0.3 is 6.03 Å². The number of benzene rings is 3. The summed E-state index contributed by atoms with van der Waals surface area (Å²) in [7, 11) is 0. The van der Waals surface area contributed by atoms with Crippen molar-refractivity contribution in [3.05, 3.63) is 83.9 Å². The van der Waals surface area contributed by atoms with E-state index in [2.05, 4.69) is 16.0 Å². The summed E-state index contributed by atoms with van der Waals surface area (Å²) in [6.07, 6.45) is 0. The molecular weight excluding hydrogens is 382 g/mol. The van der Waals surface area contributed by atoms with E-state index < -0.39 is 0 Å². The van der Waals surface area contributed by atoms with Crippen molar-refractivity contribution in [2.24, 2.45) is 0 Å². The first-order valence-electron chi connectivity index (χ1n) is 9.22. The Morgan fingerprint density at radius 3 is 2.10 bits per heavy atom. The van der Waals surface area contributed by atoms with Crippen LogP contribution in [0.15, 0.2) is 77.7 Å². The highest BCUT2D eigenvalue weighted by Gasteiger charge is 2.07. The average molecular weight is 406 g/mol. The van der Waals surface area contributed by atoms with Crippen LogP contribution in [0.2, 0.25) is 0 Å². The lowest BCUT2D eigenvalue weighted by molar-refractivity contribution is -0.113. The van der Waals surface area contributed by atoms with E-state index in [1.165, 1.54) is 17.3 Å². The van der Waals surface area contributed by atoms with Crippen LogP contribution in [-0.4, -0.2) is 17.7 Å². The summed E-state index contributed by atoms with van der Waals surface area (Å²) in [5.74, 6) is 0.264. The molecule has 3 aromatic carbocycles. The minimum Gasteiger partial charge on any atom is -0.325 e. The van der Waals surface area contributed by atoms with Gasteiger partial charge in [0.1, 0.15) is 0 Å². The van der Waals surface area contributed by atoms with Gasteiger partial charge in [-0.05, 0) is 61.9 Å². The highest BCUT2D eigenvalue weighted by atomic mass is 32.2. The number of urea groups is 1. The molecule has 0 unspecified atom stereocenters. The van der Waals surface area contributed by atoms with Crippen LogP contribution in [0, 0.1) is 13.8 Å². The van der Waals surface area contributed by atoms with Gasteiger partial charge in [0, 0.05) is 22.0 Å². The minimum absolute atomic E-state index is 0.0496. The summed E-state index contributed by atoms with van der Waals surface area (Å²) in [5.41, 5.74) is 4.47. The Bertz CT molecular complexity index is 989. The van der Waals surface area contributed by atoms with Crippen LogP contribution in [0.3, 0.4) is 0 Å². The fourth-order valence-corrected chi connectivity index (χ4v) is 3.44. The Hall–Kier alpha value is -3.25. The van der Waals surface area contributed by atoms with E-state index in [1.807, 2.05) is 86.6 Å². The molecule has 29 heavy (non-hydrogen) atoms. The lowest BCUT2D eigenvalue weighted by atomic mass is 10.1. The lowest BCUT2D eigenvalue weighted by Gasteiger charge is -2.10. The van der Waals surface area contributed by atoms with Crippen molar-refractivity contribution < 1.29 is 9.59 Å². The maximum atomic E-state index is 12.2. The number of para-hydroxylation sites is 1. The zero-order valence-electron chi connectivity index (χ0n) is 16.4. The van der Waals surface area contributed by atoms with Crippen LogP contribution in [0.25, 0.3) is 0 Å². The monoisotopic (exact) mass is 405 g/mol. The molecule has 5 nitrogen and oxygen atoms in total. The third-order valence-electron chi connectivity index (χ3n) is 4.17. The number of carbonyl (C=O) groups excluding carboxylic acids is 2. The molecule has 0 radical (unpaired) electrons. The molecule has 0 aliphatic carbocycles. The van der Waals surface area contributed by atoms with Crippen LogP contribution >= 0.6 is 11.8 Å². The third kappa shape index (κ3) is 6.40. The number of carbonyl (C=O) groups is 2. The van der Waals surface area contributed by atoms with Gasteiger partial charge in [-0.25, -0.2) is 4.79 Å². The van der Waals surface area contributed by atoms with E-state index in [-0.39, 0.29) is 11.9 Å². The van der Waals surface area contributed by atoms with Crippen LogP contribution in [-0.2, 0) is 4.79 Å². The predicted octanol–water partition coefficient (Wildman–Crippen LogP) is 5.68. The number of rotatable bonds is 6. The number of amides is 3. The molecule has 0 fully saturated rings. The Morgan fingerprint density at radius 1 is 0.793 bits per heavy atom. The molecule has 0 bridgehead atoms. The molecule has 148 valence electrons. The SMILES string of the molecule is Cc1ccc(NC(=O)CSc2ccc(NC(=O)Nc3ccccc3)cc2)c(C)c1. The van der Waals surface area contributed by atoms with E-state index in [4.69, 9.17) is 0 Å². The maximum absolute atomic E-state index is 12.2. The number of hydrogen-bond donors (Lipinski definition) is 3. The van der Waals surface area contributed by atoms with Crippen LogP contribution in [0.1, 0.15) is 11.1 Å². The van der Waals surface area contributed by atoms with Gasteiger partial charge in [0.2, 0.25) is 5.91 Å². The van der Waals surface area contributed by atoms with Gasteiger partial charge < -0.3 is 16.0 Å². The molecule has 3 rings (SSSR count). The third-order valence-corrected chi connectivity index (χ3v) is 5.18. The van der Waals surface area contributed by atoms with Gasteiger partial charge in [-0.2, -0.15) is 0 Å². The molecule has 0 saturated heterocycles. The van der Waals surface area contributed by atoms with Crippen molar-refractivity contribution >= 4 is 40.8 Å². The Morgan fingerprint density at radius 2 is 1.45 bits per heavy atom. The van der Waals surface area contributed by atoms with E-state index in [1.54, 1.807) is 0 Å². The molecular formula is C23H23N3O2S. The Labute approximate surface area is 174 Å². The summed E-state index contributed by atoms with van der Waals surface area (Å²) < 4.78 is 0. The molecule has 0 aliphatic rings. The van der Waals surface area contributed by atoms with Gasteiger partial charge in [0.25, 0.3) is 0 Å². The van der Waals surface area contributed by atoms with Crippen molar-refractivity contribution in [1.82, 2.24) is 0 Å². The first-order valence-corrected chi connectivity index (χ1v) is 10.2. The van der Waals surface area contributed by atoms with E-state index >= 15 is 0 Å². The number of thioether (sulfide) groups is 1. The Balaban J connectivity index is 1.47. The van der Waals surface area contributed by atoms with Crippen molar-refractivity contribution in [3.8, 4) is 0 Å². The molecule has 0 spiro atoms. The van der Waals surface area contributed by atoms with Crippen LogP contribution < -0.4 is 16.0 Å². The lowest BCUT2D eigenvalue weighted by Crippen LogP contribution is -2.19. The molecule has 3 N–H and O–H groups in total. The van der Waals surface area contributed by atoms with Gasteiger partial charge in [-0.15, -0.1) is 11.8 Å². The Kier molecular flexibility index (Phi) is 6.92. The second kappa shape index (κ2) is 9.80. The molecule has 0 atom stereocenters. The summed E-state index contributed by atoms with van der Waals surface area (Å²) in [5, 5.41) is 8.50. The quantitative estimate of drug-likeness (QED) is 0.462. The normalized spacial score (nSPS) is 10.3. The van der Waals surface area contributed by atoms with Crippen molar-refractivity contribution in [2.45, 2.75) is 18.7 Å². The predicted molar refractivity (Wildman–Crippen MR) is 121 cm³/mol. The molecule has 0 aliphatic heterocycles. The number of hydrogen-bond acceptors (Lipinski definition) is 3. The smallest absolute Gasteiger partial charge is 0.323 e. The topological polar surface area (TPSA) is 70.2 Å². The summed E-state index contributed by atoms with van der Waals surface area (Å²) in [6.45, 7) is 4.01. The number of anilines is 3. The van der Waals surface area contributed by atoms with Crippen molar-refractivity contribution in [2.75, 3.05) is 21.7 Å². The summed E-state index contributed by atoms with van der Waals surface area (Å²) >= 11 is 1.45. The van der Waals surface area contributed by atoms with Gasteiger partial charge in [0.15, 0.2) is 0 Å². The maximum Gasteiger partial charge on any atom is 0.323 e. The van der Waals surface area contributed by atoms with Crippen molar-refractivity contribution in [1.29, 1.82) is 0 Å². The fourth-order valence-electron chi connectivity index (χ4n) is 2.74. The highest BCUT2D eigenvalue weighted by molar-refractivity contribution is 8.00. The van der Waals surface area contributed by atoms with Gasteiger partial charge in [0.05, 0.1) is 5.75 Å². The standard InChI is InChI=1S/C23H23N3O2S/c1-16-8-13-21(17(2)14-16)26-22(27)15-29-20-11-9-19(10-12-20)25-23(28)24-18-6-4-3-5-7-18/h3-14H,15H2,1-2H3,(H,26,27)(H2,24,25,28). The molecule has 6 heteroatoms. The van der Waals surface area contributed by atoms with E-state index in [9.17, 15) is 9.59 Å². The second-order valence-corrected chi connectivity index (χ2v) is 7.67. The first kappa shape index (κ1) is 20.5. The largest absolute Gasteiger partial charge is 0.325 e. The summed E-state index contributed by atoms with van der Waals surface area (Å²) in [6, 6.07) is 22.3. The van der Waals surface area contributed by atoms with E-state index in [0.717, 1.165) is 21.8 Å². The number of nitrogens with one attached hydrogen (secondary N) is 3. The van der Waals surface area contributed by atoms with E-state index in [0.29, 0.717) is 11.4 Å². The average Bonchev–Trinajstić information content (AvgIpc) is 2.70. The fraction of sp³-hybridized carbons (Fsp3) is 0.130. The zero-order chi connectivity index (χ0) is 20.6. The molecule has 0 aromatic heterocycles. The van der Waals surface area contributed by atoms with Crippen molar-refractivity contribution in [3.63, 3.8) is 0 Å². The first-order chi connectivity index (χ1) is 14.0. The number of aryl methyl sites for hydroxylation is 2. The zero-order valence-corrected chi connectivity index (χ0v) is 17.2. The molecule has 3 amide bonds. The van der Waals surface area contributed by atoms with Gasteiger partial charge in [-0.3, -0.25) is 4.79 Å². The molecule has 0 heterocycles. The molecule has 0 saturated carbocycles. The van der Waals surface area contributed by atoms with Crippen LogP contribution in [0.5, 0.6) is 0 Å². The second-order valence-electron chi connectivity index (χ2n) is 6.62. The minimum atomic E-state index is -0.301. The summed E-state index contributed by atoms with van der Waals surface area (Å²) in [4.78, 5) is 25.2. The highest BCUT2D eigenvalue weighted by Crippen LogP contribution is 2.22. The van der Waals surface area contributed by atoms with Crippen LogP contribution in [0.4, 0.5) is 21.9 Å². The van der Waals surface area contributed by atoms with Gasteiger partial charge in [-0.1, -0.05) is 35.9 Å².